The Hall–Kier alpha value is -2.94. The minimum Gasteiger partial charge on any atom is -0.443 e. The van der Waals surface area contributed by atoms with Crippen LogP contribution in [-0.2, 0) is 9.47 Å². The second kappa shape index (κ2) is 8.20. The molecule has 0 unspecified atom stereocenters. The molecule has 2 aromatic rings. The number of nitrogens with zero attached hydrogens (tertiary/aromatic N) is 3. The summed E-state index contributed by atoms with van der Waals surface area (Å²) in [6.45, 7) is 9.95. The Kier molecular flexibility index (Phi) is 6.32. The lowest BCUT2D eigenvalue weighted by molar-refractivity contribution is 0.0429. The van der Waals surface area contributed by atoms with Crippen LogP contribution in [0.4, 0.5) is 15.4 Å². The molecule has 9 nitrogen and oxygen atoms in total. The van der Waals surface area contributed by atoms with E-state index in [1.54, 1.807) is 47.6 Å². The van der Waals surface area contributed by atoms with E-state index in [0.717, 1.165) is 0 Å². The first-order valence-corrected chi connectivity index (χ1v) is 9.04. The number of anilines is 1. The monoisotopic (exact) mass is 423 g/mol. The van der Waals surface area contributed by atoms with Gasteiger partial charge >= 0.3 is 12.2 Å². The summed E-state index contributed by atoms with van der Waals surface area (Å²) >= 11 is 5.42. The molecule has 0 saturated carbocycles. The van der Waals surface area contributed by atoms with E-state index in [-0.39, 0.29) is 22.8 Å². The molecule has 2 heterocycles. The Bertz CT molecular complexity index is 899. The zero-order chi connectivity index (χ0) is 22.0. The lowest BCUT2D eigenvalue weighted by Crippen LogP contribution is -2.44. The van der Waals surface area contributed by atoms with Crippen LogP contribution in [0.2, 0.25) is 0 Å². The van der Waals surface area contributed by atoms with Crippen molar-refractivity contribution in [2.75, 3.05) is 4.90 Å². The molecule has 0 aliphatic heterocycles. The zero-order valence-corrected chi connectivity index (χ0v) is 17.7. The van der Waals surface area contributed by atoms with Gasteiger partial charge in [0.25, 0.3) is 5.24 Å². The number of aromatic nitrogens is 2. The van der Waals surface area contributed by atoms with Crippen molar-refractivity contribution in [3.05, 3.63) is 30.1 Å². The summed E-state index contributed by atoms with van der Waals surface area (Å²) in [4.78, 5) is 41.8. The average Bonchev–Trinajstić information content (AvgIpc) is 3.02. The van der Waals surface area contributed by atoms with E-state index in [9.17, 15) is 14.4 Å². The number of amides is 2. The molecular formula is C19H22ClN3O6. The first-order valence-electron chi connectivity index (χ1n) is 8.66. The highest BCUT2D eigenvalue weighted by Gasteiger charge is 2.35. The minimum absolute atomic E-state index is 0.0780. The number of carbonyl (C=O) groups is 3. The fourth-order valence-corrected chi connectivity index (χ4v) is 2.21. The maximum absolute atomic E-state index is 12.8. The standard InChI is InChI=1S/C19H22ClN3O6/c1-18(2,3)27-16(25)23(17(26)28-19(4,5)6)15-11(8-7-9-21-15)13-10-12(14(20)24)22-29-13/h7-10H,1-6H3. The van der Waals surface area contributed by atoms with Crippen LogP contribution in [0.5, 0.6) is 0 Å². The molecule has 0 saturated heterocycles. The van der Waals surface area contributed by atoms with Gasteiger partial charge in [0.05, 0.1) is 5.56 Å². The van der Waals surface area contributed by atoms with Crippen molar-refractivity contribution < 1.29 is 28.4 Å². The molecule has 0 atom stereocenters. The second-order valence-corrected chi connectivity index (χ2v) is 8.36. The maximum atomic E-state index is 12.8. The number of pyridine rings is 1. The van der Waals surface area contributed by atoms with Crippen molar-refractivity contribution in [1.82, 2.24) is 10.1 Å². The van der Waals surface area contributed by atoms with E-state index in [2.05, 4.69) is 10.1 Å². The van der Waals surface area contributed by atoms with Gasteiger partial charge in [0, 0.05) is 12.3 Å². The summed E-state index contributed by atoms with van der Waals surface area (Å²) in [5.41, 5.74) is -1.67. The molecule has 0 N–H and O–H groups in total. The van der Waals surface area contributed by atoms with Crippen LogP contribution in [0.25, 0.3) is 11.3 Å². The van der Waals surface area contributed by atoms with Crippen LogP contribution in [0, 0.1) is 0 Å². The van der Waals surface area contributed by atoms with E-state index in [4.69, 9.17) is 25.6 Å². The number of halogens is 1. The van der Waals surface area contributed by atoms with Crippen LogP contribution in [0.1, 0.15) is 52.0 Å². The minimum atomic E-state index is -0.986. The Labute approximate surface area is 172 Å². The molecule has 0 aliphatic carbocycles. The Balaban J connectivity index is 2.57. The lowest BCUT2D eigenvalue weighted by atomic mass is 10.1. The topological polar surface area (TPSA) is 112 Å². The van der Waals surface area contributed by atoms with Crippen molar-refractivity contribution in [2.24, 2.45) is 0 Å². The largest absolute Gasteiger partial charge is 0.443 e. The fourth-order valence-electron chi connectivity index (χ4n) is 2.12. The average molecular weight is 424 g/mol. The van der Waals surface area contributed by atoms with Gasteiger partial charge in [0.1, 0.15) is 11.2 Å². The first kappa shape index (κ1) is 22.4. The van der Waals surface area contributed by atoms with Gasteiger partial charge in [0.2, 0.25) is 0 Å². The van der Waals surface area contributed by atoms with E-state index in [1.165, 1.54) is 18.3 Å². The van der Waals surface area contributed by atoms with Gasteiger partial charge in [-0.15, -0.1) is 0 Å². The molecule has 29 heavy (non-hydrogen) atoms. The van der Waals surface area contributed by atoms with Gasteiger partial charge in [-0.3, -0.25) is 4.79 Å². The fraction of sp³-hybridized carbons (Fsp3) is 0.421. The van der Waals surface area contributed by atoms with Crippen LogP contribution in [0.15, 0.2) is 28.9 Å². The third kappa shape index (κ3) is 6.02. The molecule has 156 valence electrons. The molecule has 0 aliphatic rings. The Morgan fingerprint density at radius 1 is 1.03 bits per heavy atom. The summed E-state index contributed by atoms with van der Waals surface area (Å²) < 4.78 is 15.8. The maximum Gasteiger partial charge on any atom is 0.425 e. The van der Waals surface area contributed by atoms with Gasteiger partial charge in [-0.05, 0) is 65.3 Å². The SMILES string of the molecule is CC(C)(C)OC(=O)N(C(=O)OC(C)(C)C)c1ncccc1-c1cc(C(=O)Cl)no1. The Morgan fingerprint density at radius 2 is 1.59 bits per heavy atom. The molecule has 0 aromatic carbocycles. The van der Waals surface area contributed by atoms with Crippen LogP contribution in [-0.4, -0.2) is 38.8 Å². The smallest absolute Gasteiger partial charge is 0.425 e. The predicted molar refractivity (Wildman–Crippen MR) is 105 cm³/mol. The third-order valence-corrected chi connectivity index (χ3v) is 3.32. The zero-order valence-electron chi connectivity index (χ0n) is 17.0. The molecule has 2 amide bonds. The number of ether oxygens (including phenoxy) is 2. The van der Waals surface area contributed by atoms with Crippen molar-refractivity contribution in [3.8, 4) is 11.3 Å². The number of hydrogen-bond donors (Lipinski definition) is 0. The van der Waals surface area contributed by atoms with Crippen LogP contribution < -0.4 is 4.90 Å². The lowest BCUT2D eigenvalue weighted by Gasteiger charge is -2.28. The van der Waals surface area contributed by atoms with E-state index in [0.29, 0.717) is 4.90 Å². The summed E-state index contributed by atoms with van der Waals surface area (Å²) in [5, 5.41) is 2.75. The van der Waals surface area contributed by atoms with Gasteiger partial charge in [-0.1, -0.05) is 5.16 Å². The quantitative estimate of drug-likeness (QED) is 0.647. The molecule has 0 bridgehead atoms. The molecule has 0 spiro atoms. The molecule has 0 radical (unpaired) electrons. The molecular weight excluding hydrogens is 402 g/mol. The van der Waals surface area contributed by atoms with Crippen LogP contribution >= 0.6 is 11.6 Å². The number of imide groups is 1. The molecule has 10 heteroatoms. The summed E-state index contributed by atoms with van der Waals surface area (Å²) in [6.07, 6.45) is -0.593. The van der Waals surface area contributed by atoms with Crippen molar-refractivity contribution in [1.29, 1.82) is 0 Å². The molecule has 2 aromatic heterocycles. The van der Waals surface area contributed by atoms with E-state index < -0.39 is 28.6 Å². The van der Waals surface area contributed by atoms with E-state index >= 15 is 0 Å². The highest BCUT2D eigenvalue weighted by molar-refractivity contribution is 6.67. The van der Waals surface area contributed by atoms with Gasteiger partial charge in [0.15, 0.2) is 17.3 Å². The van der Waals surface area contributed by atoms with Crippen molar-refractivity contribution in [2.45, 2.75) is 52.7 Å². The van der Waals surface area contributed by atoms with Gasteiger partial charge in [-0.2, -0.15) is 4.90 Å². The van der Waals surface area contributed by atoms with Crippen molar-refractivity contribution >= 4 is 34.8 Å². The highest BCUT2D eigenvalue weighted by atomic mass is 35.5. The van der Waals surface area contributed by atoms with Crippen molar-refractivity contribution in [3.63, 3.8) is 0 Å². The number of rotatable bonds is 3. The first-order chi connectivity index (χ1) is 13.3. The van der Waals surface area contributed by atoms with Crippen LogP contribution in [0.3, 0.4) is 0 Å². The predicted octanol–water partition coefficient (Wildman–Crippen LogP) is 4.79. The molecule has 0 fully saturated rings. The summed E-state index contributed by atoms with van der Waals surface area (Å²) in [6, 6.07) is 4.37. The highest BCUT2D eigenvalue weighted by Crippen LogP contribution is 2.31. The van der Waals surface area contributed by atoms with E-state index in [1.807, 2.05) is 0 Å². The number of hydrogen-bond acceptors (Lipinski definition) is 8. The molecule has 2 rings (SSSR count). The number of carbonyl (C=O) groups excluding carboxylic acids is 3. The van der Waals surface area contributed by atoms with Gasteiger partial charge in [-0.25, -0.2) is 14.6 Å². The normalized spacial score (nSPS) is 11.7. The third-order valence-electron chi connectivity index (χ3n) is 3.13. The second-order valence-electron chi connectivity index (χ2n) is 8.02. The Morgan fingerprint density at radius 3 is 2.03 bits per heavy atom. The summed E-state index contributed by atoms with van der Waals surface area (Å²) in [5.74, 6) is -0.0325. The van der Waals surface area contributed by atoms with Gasteiger partial charge < -0.3 is 14.0 Å². The summed E-state index contributed by atoms with van der Waals surface area (Å²) in [7, 11) is 0.